The molecule has 1 aromatic carbocycles. The Kier molecular flexibility index (Phi) is 6.59. The summed E-state index contributed by atoms with van der Waals surface area (Å²) in [6.45, 7) is 4.01. The molecule has 0 aromatic heterocycles. The number of ether oxygens (including phenoxy) is 1. The van der Waals surface area contributed by atoms with Crippen LogP contribution in [-0.2, 0) is 13.3 Å². The summed E-state index contributed by atoms with van der Waals surface area (Å²) in [5.41, 5.74) is 1.85. The summed E-state index contributed by atoms with van der Waals surface area (Å²) in [6.07, 6.45) is 1.26. The lowest BCUT2D eigenvalue weighted by Crippen LogP contribution is -2.06. The second-order valence-corrected chi connectivity index (χ2v) is 7.31. The number of benzene rings is 1. The molecule has 0 saturated carbocycles. The van der Waals surface area contributed by atoms with Crippen molar-refractivity contribution >= 4 is 44.5 Å². The molecular formula is C12H13AlCl2O3. The summed E-state index contributed by atoms with van der Waals surface area (Å²) in [7, 11) is 11.4. The Labute approximate surface area is 119 Å². The van der Waals surface area contributed by atoms with Crippen molar-refractivity contribution in [3.63, 3.8) is 0 Å². The van der Waals surface area contributed by atoms with Crippen molar-refractivity contribution in [2.45, 2.75) is 13.8 Å². The molecule has 0 aliphatic heterocycles. The predicted octanol–water partition coefficient (Wildman–Crippen LogP) is 3.38. The lowest BCUT2D eigenvalue weighted by Gasteiger charge is -2.11. The lowest BCUT2D eigenvalue weighted by atomic mass is 10.1. The molecule has 18 heavy (non-hydrogen) atoms. The Hall–Kier alpha value is -0.658. The van der Waals surface area contributed by atoms with E-state index in [-0.39, 0.29) is 0 Å². The first-order valence-corrected chi connectivity index (χ1v) is 9.39. The number of halogens is 2. The van der Waals surface area contributed by atoms with Gasteiger partial charge in [-0.3, -0.25) is 0 Å². The number of esters is 1. The van der Waals surface area contributed by atoms with Gasteiger partial charge in [0.2, 0.25) is 0 Å². The van der Waals surface area contributed by atoms with Gasteiger partial charge in [-0.15, -0.1) is 0 Å². The second kappa shape index (κ2) is 7.71. The topological polar surface area (TPSA) is 35.5 Å². The third-order valence-electron chi connectivity index (χ3n) is 2.09. The molecule has 6 heteroatoms. The number of hydrogen-bond donors (Lipinski definition) is 0. The summed E-state index contributed by atoms with van der Waals surface area (Å²) in [5.74, 6) is -0.133. The van der Waals surface area contributed by atoms with Crippen LogP contribution in [0, 0.1) is 6.92 Å². The SMILES string of the molecule is CCOC(=O)/C=C(\[O][Al]([Cl])[Cl])c1ccc(C)cc1. The number of hydrogen-bond acceptors (Lipinski definition) is 3. The number of carbonyl (C=O) groups excluding carboxylic acids is 1. The summed E-state index contributed by atoms with van der Waals surface area (Å²) < 4.78 is 10.2. The van der Waals surface area contributed by atoms with Crippen molar-refractivity contribution in [2.75, 3.05) is 6.61 Å². The van der Waals surface area contributed by atoms with Gasteiger partial charge < -0.3 is 8.53 Å². The highest BCUT2D eigenvalue weighted by Gasteiger charge is 2.21. The molecule has 0 aliphatic carbocycles. The van der Waals surface area contributed by atoms with Crippen LogP contribution in [0.4, 0.5) is 0 Å². The zero-order chi connectivity index (χ0) is 13.5. The van der Waals surface area contributed by atoms with Crippen molar-refractivity contribution in [3.8, 4) is 0 Å². The molecule has 0 heterocycles. The summed E-state index contributed by atoms with van der Waals surface area (Å²) >= 11 is -2.32. The fraction of sp³-hybridized carbons (Fsp3) is 0.250. The van der Waals surface area contributed by atoms with Crippen LogP contribution in [0.5, 0.6) is 0 Å². The average molecular weight is 303 g/mol. The largest absolute Gasteiger partial charge is 0.815 e. The van der Waals surface area contributed by atoms with Gasteiger partial charge in [0, 0.05) is 5.56 Å². The van der Waals surface area contributed by atoms with Gasteiger partial charge in [0.1, 0.15) is 0 Å². The molecule has 0 fully saturated rings. The van der Waals surface area contributed by atoms with E-state index in [0.717, 1.165) is 11.1 Å². The van der Waals surface area contributed by atoms with Gasteiger partial charge in [-0.2, -0.15) is 20.1 Å². The van der Waals surface area contributed by atoms with E-state index in [1.54, 1.807) is 6.92 Å². The fourth-order valence-corrected chi connectivity index (χ4v) is 2.26. The number of rotatable bonds is 5. The molecule has 1 rings (SSSR count). The molecule has 0 amide bonds. The Morgan fingerprint density at radius 3 is 2.44 bits per heavy atom. The Morgan fingerprint density at radius 2 is 1.94 bits per heavy atom. The third kappa shape index (κ3) is 5.33. The van der Waals surface area contributed by atoms with Crippen molar-refractivity contribution in [2.24, 2.45) is 0 Å². The van der Waals surface area contributed by atoms with E-state index < -0.39 is 18.6 Å². The van der Waals surface area contributed by atoms with Gasteiger partial charge >= 0.3 is 18.6 Å². The first-order chi connectivity index (χ1) is 8.52. The van der Waals surface area contributed by atoms with Crippen molar-refractivity contribution in [1.82, 2.24) is 0 Å². The van der Waals surface area contributed by atoms with Crippen LogP contribution >= 0.6 is 20.1 Å². The smallest absolute Gasteiger partial charge is 0.620 e. The minimum Gasteiger partial charge on any atom is -0.620 e. The van der Waals surface area contributed by atoms with Crippen LogP contribution < -0.4 is 0 Å². The van der Waals surface area contributed by atoms with E-state index in [1.165, 1.54) is 6.08 Å². The molecule has 0 bridgehead atoms. The van der Waals surface area contributed by atoms with Crippen LogP contribution in [0.2, 0.25) is 0 Å². The highest BCUT2D eigenvalue weighted by molar-refractivity contribution is 7.31. The summed E-state index contributed by atoms with van der Waals surface area (Å²) in [4.78, 5) is 11.4. The zero-order valence-corrected chi connectivity index (χ0v) is 12.8. The Bertz CT molecular complexity index is 429. The quantitative estimate of drug-likeness (QED) is 0.362. The van der Waals surface area contributed by atoms with Crippen LogP contribution in [0.15, 0.2) is 30.3 Å². The molecule has 0 radical (unpaired) electrons. The minimum absolute atomic E-state index is 0.305. The summed E-state index contributed by atoms with van der Waals surface area (Å²) in [6, 6.07) is 7.50. The van der Waals surface area contributed by atoms with E-state index >= 15 is 0 Å². The molecule has 1 aromatic rings. The second-order valence-electron chi connectivity index (χ2n) is 3.51. The van der Waals surface area contributed by atoms with Crippen LogP contribution in [-0.4, -0.2) is 25.2 Å². The highest BCUT2D eigenvalue weighted by atomic mass is 35.7. The third-order valence-corrected chi connectivity index (χ3v) is 3.05. The predicted molar refractivity (Wildman–Crippen MR) is 74.3 cm³/mol. The molecule has 0 N–H and O–H groups in total. The fourth-order valence-electron chi connectivity index (χ4n) is 1.29. The average Bonchev–Trinajstić information content (AvgIpc) is 2.28. The van der Waals surface area contributed by atoms with Gasteiger partial charge in [-0.05, 0) is 13.8 Å². The molecule has 3 nitrogen and oxygen atoms in total. The normalized spacial score (nSPS) is 11.0. The molecule has 0 saturated heterocycles. The summed E-state index contributed by atoms with van der Waals surface area (Å²) in [5, 5.41) is 0. The molecule has 0 spiro atoms. The Morgan fingerprint density at radius 1 is 1.33 bits per heavy atom. The molecular weight excluding hydrogens is 290 g/mol. The minimum atomic E-state index is -2.32. The van der Waals surface area contributed by atoms with E-state index in [4.69, 9.17) is 28.6 Å². The lowest BCUT2D eigenvalue weighted by molar-refractivity contribution is -0.137. The maximum Gasteiger partial charge on any atom is 0.815 e. The van der Waals surface area contributed by atoms with Gasteiger partial charge in [0.25, 0.3) is 0 Å². The van der Waals surface area contributed by atoms with Crippen LogP contribution in [0.25, 0.3) is 5.76 Å². The zero-order valence-electron chi connectivity index (χ0n) is 10.2. The standard InChI is InChI=1S/C12H14O3.Al.2ClH/c1-3-15-12(14)8-11(13)10-6-4-9(2)5-7-10;;;/h4-8,13H,3H2,1-2H3;;2*1H/q;+3;;/p-3/b11-8-;;;. The molecule has 96 valence electrons. The van der Waals surface area contributed by atoms with Crippen molar-refractivity contribution in [1.29, 1.82) is 0 Å². The first-order valence-electron chi connectivity index (χ1n) is 5.43. The Balaban J connectivity index is 2.97. The van der Waals surface area contributed by atoms with Crippen LogP contribution in [0.1, 0.15) is 18.1 Å². The van der Waals surface area contributed by atoms with Crippen LogP contribution in [0.3, 0.4) is 0 Å². The molecule has 0 unspecified atom stereocenters. The molecule has 0 aliphatic rings. The first kappa shape index (κ1) is 15.4. The van der Waals surface area contributed by atoms with Crippen molar-refractivity contribution < 1.29 is 13.3 Å². The van der Waals surface area contributed by atoms with Crippen molar-refractivity contribution in [3.05, 3.63) is 41.5 Å². The molecule has 0 atom stereocenters. The van der Waals surface area contributed by atoms with E-state index in [0.29, 0.717) is 12.4 Å². The van der Waals surface area contributed by atoms with Gasteiger partial charge in [0.15, 0.2) is 0 Å². The number of carbonyl (C=O) groups is 1. The van der Waals surface area contributed by atoms with Gasteiger partial charge in [-0.1, -0.05) is 29.8 Å². The maximum absolute atomic E-state index is 11.4. The van der Waals surface area contributed by atoms with E-state index in [9.17, 15) is 4.79 Å². The van der Waals surface area contributed by atoms with Gasteiger partial charge in [0.05, 0.1) is 18.4 Å². The number of aryl methyl sites for hydroxylation is 1. The maximum atomic E-state index is 11.4. The van der Waals surface area contributed by atoms with E-state index in [1.807, 2.05) is 31.2 Å². The highest BCUT2D eigenvalue weighted by Crippen LogP contribution is 2.20. The van der Waals surface area contributed by atoms with E-state index in [2.05, 4.69) is 0 Å². The monoisotopic (exact) mass is 302 g/mol. The van der Waals surface area contributed by atoms with Gasteiger partial charge in [-0.25, -0.2) is 4.79 Å².